The average Bonchev–Trinajstić information content (AvgIpc) is 2.85. The fraction of sp³-hybridized carbons (Fsp3) is 0.700. The summed E-state index contributed by atoms with van der Waals surface area (Å²) < 4.78 is 15.5. The van der Waals surface area contributed by atoms with Crippen molar-refractivity contribution >= 4 is 18.3 Å². The third kappa shape index (κ3) is 14.2. The van der Waals surface area contributed by atoms with Gasteiger partial charge in [-0.15, -0.1) is 0 Å². The summed E-state index contributed by atoms with van der Waals surface area (Å²) in [6, 6.07) is 8.60. The summed E-state index contributed by atoms with van der Waals surface area (Å²) in [5.41, 5.74) is 5.52. The Labute approximate surface area is 249 Å². The molecule has 0 heterocycles. The molecular formula is C30H50N4O8. The third-order valence-electron chi connectivity index (χ3n) is 6.64. The van der Waals surface area contributed by atoms with Gasteiger partial charge in [-0.1, -0.05) is 30.3 Å². The summed E-state index contributed by atoms with van der Waals surface area (Å²) in [6.07, 6.45) is 0.770. The molecule has 2 fully saturated rings. The summed E-state index contributed by atoms with van der Waals surface area (Å²) in [4.78, 5) is 35.2. The Morgan fingerprint density at radius 2 is 1.26 bits per heavy atom. The van der Waals surface area contributed by atoms with Crippen molar-refractivity contribution in [3.05, 3.63) is 35.9 Å². The molecule has 7 N–H and O–H groups in total. The fourth-order valence-corrected chi connectivity index (χ4v) is 4.61. The molecule has 1 aromatic rings. The molecule has 0 aromatic heterocycles. The number of benzene rings is 1. The average molecular weight is 595 g/mol. The highest BCUT2D eigenvalue weighted by atomic mass is 16.6. The summed E-state index contributed by atoms with van der Waals surface area (Å²) in [6.45, 7) is 11.0. The fourth-order valence-electron chi connectivity index (χ4n) is 4.61. The largest absolute Gasteiger partial charge is 0.445 e. The van der Waals surface area contributed by atoms with E-state index in [0.717, 1.165) is 18.4 Å². The number of carbonyl (C=O) groups is 3. The van der Waals surface area contributed by atoms with Crippen molar-refractivity contribution in [3.8, 4) is 0 Å². The van der Waals surface area contributed by atoms with Gasteiger partial charge in [-0.3, -0.25) is 0 Å². The minimum absolute atomic E-state index is 0.0374. The minimum atomic E-state index is -0.757. The Balaban J connectivity index is 0.000000330. The number of aliphatic hydroxyl groups is 2. The lowest BCUT2D eigenvalue weighted by atomic mass is 9.89. The molecule has 3 rings (SSSR count). The van der Waals surface area contributed by atoms with Crippen LogP contribution in [0.15, 0.2) is 30.3 Å². The molecule has 1 aromatic carbocycles. The van der Waals surface area contributed by atoms with E-state index in [0.29, 0.717) is 25.7 Å². The molecule has 12 nitrogen and oxygen atoms in total. The number of nitrogens with one attached hydrogen (secondary N) is 3. The van der Waals surface area contributed by atoms with Crippen LogP contribution in [-0.4, -0.2) is 76.1 Å². The summed E-state index contributed by atoms with van der Waals surface area (Å²) in [5, 5.41) is 28.0. The number of alkyl carbamates (subject to hydrolysis) is 3. The number of rotatable bonds is 5. The number of amides is 3. The number of nitrogens with two attached hydrogens (primary N) is 1. The Bertz CT molecular complexity index is 995. The summed E-state index contributed by atoms with van der Waals surface area (Å²) in [5.74, 6) is 0. The molecule has 0 aliphatic heterocycles. The van der Waals surface area contributed by atoms with E-state index in [1.807, 2.05) is 51.1 Å². The van der Waals surface area contributed by atoms with Crippen molar-refractivity contribution in [3.63, 3.8) is 0 Å². The van der Waals surface area contributed by atoms with Gasteiger partial charge >= 0.3 is 18.3 Å². The zero-order valence-electron chi connectivity index (χ0n) is 25.7. The molecule has 2 saturated carbocycles. The van der Waals surface area contributed by atoms with Crippen molar-refractivity contribution in [2.75, 3.05) is 0 Å². The smallest absolute Gasteiger partial charge is 0.407 e. The first kappa shape index (κ1) is 35.1. The third-order valence-corrected chi connectivity index (χ3v) is 6.64. The number of aliphatic hydroxyl groups excluding tert-OH is 2. The highest BCUT2D eigenvalue weighted by Gasteiger charge is 2.32. The molecule has 0 spiro atoms. The van der Waals surface area contributed by atoms with Gasteiger partial charge in [0.15, 0.2) is 0 Å². The lowest BCUT2D eigenvalue weighted by Gasteiger charge is -2.34. The van der Waals surface area contributed by atoms with E-state index in [2.05, 4.69) is 16.0 Å². The van der Waals surface area contributed by atoms with Crippen LogP contribution in [-0.2, 0) is 20.8 Å². The Hall–Kier alpha value is -3.09. The normalized spacial score (nSPS) is 26.0. The van der Waals surface area contributed by atoms with E-state index in [-0.39, 0.29) is 24.7 Å². The molecule has 6 atom stereocenters. The van der Waals surface area contributed by atoms with Crippen molar-refractivity contribution in [2.45, 2.75) is 134 Å². The SMILES string of the molecule is CC(C)(C)OC(=O)N[C@@H]1CC[C@@H](N)[C@@H](O)C1.CC(C)(C)OC(=O)N[C@@H]1CC[C@@H](NC(=O)OCc2ccccc2)[C@@H](O)C1. The molecule has 2 aliphatic rings. The van der Waals surface area contributed by atoms with Gasteiger partial charge in [0, 0.05) is 18.1 Å². The Morgan fingerprint density at radius 1 is 0.762 bits per heavy atom. The maximum Gasteiger partial charge on any atom is 0.407 e. The highest BCUT2D eigenvalue weighted by molar-refractivity contribution is 5.69. The first-order valence-corrected chi connectivity index (χ1v) is 14.6. The van der Waals surface area contributed by atoms with Gasteiger partial charge in [-0.05, 0) is 85.6 Å². The van der Waals surface area contributed by atoms with Gasteiger partial charge in [-0.2, -0.15) is 0 Å². The maximum atomic E-state index is 11.9. The first-order chi connectivity index (χ1) is 19.5. The zero-order valence-corrected chi connectivity index (χ0v) is 25.7. The Kier molecular flexibility index (Phi) is 13.3. The number of hydrogen-bond donors (Lipinski definition) is 6. The molecule has 0 radical (unpaired) electrons. The van der Waals surface area contributed by atoms with Crippen molar-refractivity contribution in [2.24, 2.45) is 5.73 Å². The quantitative estimate of drug-likeness (QED) is 0.278. The lowest BCUT2D eigenvalue weighted by molar-refractivity contribution is 0.0387. The monoisotopic (exact) mass is 594 g/mol. The highest BCUT2D eigenvalue weighted by Crippen LogP contribution is 2.21. The lowest BCUT2D eigenvalue weighted by Crippen LogP contribution is -2.52. The minimum Gasteiger partial charge on any atom is -0.445 e. The molecule has 0 unspecified atom stereocenters. The second-order valence-corrected chi connectivity index (χ2v) is 12.9. The van der Waals surface area contributed by atoms with Gasteiger partial charge in [0.1, 0.15) is 17.8 Å². The molecule has 12 heteroatoms. The molecule has 42 heavy (non-hydrogen) atoms. The van der Waals surface area contributed by atoms with E-state index in [1.54, 1.807) is 20.8 Å². The molecule has 2 aliphatic carbocycles. The number of carbonyl (C=O) groups excluding carboxylic acids is 3. The number of hydrogen-bond acceptors (Lipinski definition) is 9. The summed E-state index contributed by atoms with van der Waals surface area (Å²) in [7, 11) is 0. The molecule has 238 valence electrons. The van der Waals surface area contributed by atoms with Crippen LogP contribution in [0, 0.1) is 0 Å². The molecule has 0 bridgehead atoms. The van der Waals surface area contributed by atoms with E-state index in [4.69, 9.17) is 19.9 Å². The van der Waals surface area contributed by atoms with Crippen molar-refractivity contribution in [1.82, 2.24) is 16.0 Å². The van der Waals surface area contributed by atoms with Gasteiger partial charge in [0.25, 0.3) is 0 Å². The predicted octanol–water partition coefficient (Wildman–Crippen LogP) is 3.47. The first-order valence-electron chi connectivity index (χ1n) is 14.6. The second-order valence-electron chi connectivity index (χ2n) is 12.9. The number of ether oxygens (including phenoxy) is 3. The van der Waals surface area contributed by atoms with Crippen LogP contribution in [0.3, 0.4) is 0 Å². The van der Waals surface area contributed by atoms with Gasteiger partial charge < -0.3 is 46.1 Å². The van der Waals surface area contributed by atoms with Crippen LogP contribution in [0.25, 0.3) is 0 Å². The van der Waals surface area contributed by atoms with Crippen LogP contribution in [0.1, 0.15) is 85.6 Å². The van der Waals surface area contributed by atoms with Crippen LogP contribution in [0.5, 0.6) is 0 Å². The zero-order chi connectivity index (χ0) is 31.5. The van der Waals surface area contributed by atoms with Gasteiger partial charge in [-0.25, -0.2) is 14.4 Å². The molecular weight excluding hydrogens is 544 g/mol. The predicted molar refractivity (Wildman–Crippen MR) is 158 cm³/mol. The van der Waals surface area contributed by atoms with Gasteiger partial charge in [0.05, 0.1) is 18.2 Å². The Morgan fingerprint density at radius 3 is 1.74 bits per heavy atom. The van der Waals surface area contributed by atoms with E-state index in [1.165, 1.54) is 0 Å². The van der Waals surface area contributed by atoms with Crippen molar-refractivity contribution < 1.29 is 38.8 Å². The van der Waals surface area contributed by atoms with Crippen LogP contribution < -0.4 is 21.7 Å². The molecule has 0 saturated heterocycles. The van der Waals surface area contributed by atoms with E-state index in [9.17, 15) is 24.6 Å². The van der Waals surface area contributed by atoms with Gasteiger partial charge in [0.2, 0.25) is 0 Å². The topological polar surface area (TPSA) is 181 Å². The second kappa shape index (κ2) is 15.9. The summed E-state index contributed by atoms with van der Waals surface area (Å²) >= 11 is 0. The van der Waals surface area contributed by atoms with Crippen LogP contribution >= 0.6 is 0 Å². The standard InChI is InChI=1S/C19H28N2O5.C11H22N2O3/c1-19(2,3)26-18(24)20-14-9-10-15(16(22)11-14)21-17(23)25-12-13-7-5-4-6-8-13;1-11(2,3)16-10(15)13-7-4-5-8(12)9(14)6-7/h4-8,14-16,22H,9-12H2,1-3H3,(H,20,24)(H,21,23);7-9,14H,4-6,12H2,1-3H3,(H,13,15)/t14-,15-,16+;7-,8-,9+/m11/s1. The maximum absolute atomic E-state index is 11.9. The molecule has 3 amide bonds. The van der Waals surface area contributed by atoms with E-state index < -0.39 is 47.7 Å². The van der Waals surface area contributed by atoms with Crippen molar-refractivity contribution in [1.29, 1.82) is 0 Å². The van der Waals surface area contributed by atoms with E-state index >= 15 is 0 Å². The van der Waals surface area contributed by atoms with Crippen LogP contribution in [0.2, 0.25) is 0 Å². The van der Waals surface area contributed by atoms with Crippen LogP contribution in [0.4, 0.5) is 14.4 Å².